The molecule has 0 unspecified atom stereocenters. The molecule has 1 N–H and O–H groups in total. The number of ether oxygens (including phenoxy) is 1. The van der Waals surface area contributed by atoms with Gasteiger partial charge in [0.1, 0.15) is 0 Å². The fourth-order valence-corrected chi connectivity index (χ4v) is 1.55. The van der Waals surface area contributed by atoms with Crippen molar-refractivity contribution in [1.82, 2.24) is 4.98 Å². The van der Waals surface area contributed by atoms with E-state index < -0.39 is 34.1 Å². The average Bonchev–Trinajstić information content (AvgIpc) is 2.42. The van der Waals surface area contributed by atoms with Crippen molar-refractivity contribution in [2.75, 3.05) is 0 Å². The maximum absolute atomic E-state index is 13.6. The van der Waals surface area contributed by atoms with Gasteiger partial charge in [-0.3, -0.25) is 10.1 Å². The summed E-state index contributed by atoms with van der Waals surface area (Å²) in [4.78, 5) is 13.3. The van der Waals surface area contributed by atoms with E-state index in [0.717, 1.165) is 0 Å². The number of aliphatic hydroxyl groups is 1. The van der Waals surface area contributed by atoms with Crippen LogP contribution in [0.4, 0.5) is 14.5 Å². The van der Waals surface area contributed by atoms with Gasteiger partial charge in [-0.25, -0.2) is 9.37 Å². The summed E-state index contributed by atoms with van der Waals surface area (Å²) >= 11 is 0. The lowest BCUT2D eigenvalue weighted by Crippen LogP contribution is -1.98. The first kappa shape index (κ1) is 14.8. The van der Waals surface area contributed by atoms with E-state index in [4.69, 9.17) is 4.74 Å². The first-order valence-corrected chi connectivity index (χ1v) is 5.84. The van der Waals surface area contributed by atoms with Crippen LogP contribution in [-0.4, -0.2) is 15.0 Å². The van der Waals surface area contributed by atoms with E-state index in [1.54, 1.807) is 6.92 Å². The highest BCUT2D eigenvalue weighted by Gasteiger charge is 2.20. The van der Waals surface area contributed by atoms with Crippen molar-refractivity contribution in [2.45, 2.75) is 13.0 Å². The third-order valence-corrected chi connectivity index (χ3v) is 2.65. The first-order chi connectivity index (χ1) is 9.88. The molecule has 2 rings (SSSR count). The number of pyridine rings is 1. The highest BCUT2D eigenvalue weighted by Crippen LogP contribution is 2.29. The van der Waals surface area contributed by atoms with E-state index in [1.807, 2.05) is 0 Å². The number of nitrogens with zero attached hydrogens (tertiary/aromatic N) is 2. The van der Waals surface area contributed by atoms with E-state index in [9.17, 15) is 24.0 Å². The van der Waals surface area contributed by atoms with Gasteiger partial charge in [0.05, 0.1) is 17.1 Å². The Morgan fingerprint density at radius 3 is 2.57 bits per heavy atom. The molecule has 1 aromatic carbocycles. The quantitative estimate of drug-likeness (QED) is 0.692. The fraction of sp³-hybridized carbons (Fsp3) is 0.154. The van der Waals surface area contributed by atoms with E-state index in [1.165, 1.54) is 18.3 Å². The van der Waals surface area contributed by atoms with Crippen LogP contribution >= 0.6 is 0 Å². The van der Waals surface area contributed by atoms with Crippen molar-refractivity contribution in [2.24, 2.45) is 0 Å². The van der Waals surface area contributed by atoms with Gasteiger partial charge in [-0.1, -0.05) is 0 Å². The third-order valence-electron chi connectivity index (χ3n) is 2.65. The second-order valence-corrected chi connectivity index (χ2v) is 4.20. The van der Waals surface area contributed by atoms with Crippen LogP contribution in [0, 0.1) is 21.7 Å². The minimum absolute atomic E-state index is 0.0356. The minimum Gasteiger partial charge on any atom is -0.436 e. The van der Waals surface area contributed by atoms with Gasteiger partial charge in [0.2, 0.25) is 11.7 Å². The number of nitro benzene ring substituents is 1. The van der Waals surface area contributed by atoms with Gasteiger partial charge in [-0.15, -0.1) is 0 Å². The van der Waals surface area contributed by atoms with Crippen molar-refractivity contribution in [3.63, 3.8) is 0 Å². The number of aliphatic hydroxyl groups excluding tert-OH is 1. The molecule has 8 heteroatoms. The molecule has 1 atom stereocenters. The summed E-state index contributed by atoms with van der Waals surface area (Å²) in [5.41, 5.74) is -0.449. The van der Waals surface area contributed by atoms with Crippen LogP contribution in [0.5, 0.6) is 11.6 Å². The van der Waals surface area contributed by atoms with Crippen molar-refractivity contribution < 1.29 is 23.5 Å². The molecule has 1 aromatic heterocycles. The molecule has 0 radical (unpaired) electrons. The lowest BCUT2D eigenvalue weighted by Gasteiger charge is -2.08. The molecule has 2 aromatic rings. The Hall–Kier alpha value is -2.61. The van der Waals surface area contributed by atoms with Gasteiger partial charge in [0, 0.05) is 18.3 Å². The predicted molar refractivity (Wildman–Crippen MR) is 68.0 cm³/mol. The van der Waals surface area contributed by atoms with Crippen LogP contribution < -0.4 is 4.74 Å². The molecule has 0 amide bonds. The molecule has 0 aliphatic carbocycles. The second kappa shape index (κ2) is 5.80. The lowest BCUT2D eigenvalue weighted by molar-refractivity contribution is -0.387. The van der Waals surface area contributed by atoms with E-state index >= 15 is 0 Å². The molecule has 0 saturated heterocycles. The summed E-state index contributed by atoms with van der Waals surface area (Å²) in [6.07, 6.45) is 0.597. The average molecular weight is 296 g/mol. The van der Waals surface area contributed by atoms with E-state index in [2.05, 4.69) is 4.98 Å². The van der Waals surface area contributed by atoms with E-state index in [-0.39, 0.29) is 5.88 Å². The minimum atomic E-state index is -1.21. The number of aromatic nitrogens is 1. The van der Waals surface area contributed by atoms with Crippen molar-refractivity contribution in [1.29, 1.82) is 0 Å². The smallest absolute Gasteiger partial charge is 0.307 e. The largest absolute Gasteiger partial charge is 0.436 e. The Labute approximate surface area is 117 Å². The molecule has 0 bridgehead atoms. The summed E-state index contributed by atoms with van der Waals surface area (Å²) in [6.45, 7) is 1.54. The number of benzene rings is 1. The van der Waals surface area contributed by atoms with Gasteiger partial charge < -0.3 is 9.84 Å². The molecule has 0 aliphatic rings. The summed E-state index contributed by atoms with van der Waals surface area (Å²) < 4.78 is 32.1. The molecule has 6 nitrogen and oxygen atoms in total. The van der Waals surface area contributed by atoms with Gasteiger partial charge in [0.15, 0.2) is 11.6 Å². The van der Waals surface area contributed by atoms with Crippen molar-refractivity contribution in [3.8, 4) is 11.6 Å². The summed E-state index contributed by atoms with van der Waals surface area (Å²) in [7, 11) is 0. The van der Waals surface area contributed by atoms with Crippen LogP contribution in [-0.2, 0) is 0 Å². The number of halogens is 2. The monoisotopic (exact) mass is 296 g/mol. The highest BCUT2D eigenvalue weighted by atomic mass is 19.1. The Bertz CT molecular complexity index is 675. The number of rotatable bonds is 4. The topological polar surface area (TPSA) is 85.5 Å². The van der Waals surface area contributed by atoms with Crippen LogP contribution in [0.25, 0.3) is 0 Å². The van der Waals surface area contributed by atoms with Crippen LogP contribution in [0.3, 0.4) is 0 Å². The second-order valence-electron chi connectivity index (χ2n) is 4.20. The summed E-state index contributed by atoms with van der Waals surface area (Å²) in [5, 5.41) is 19.8. The maximum Gasteiger partial charge on any atom is 0.307 e. The molecular formula is C13H10F2N2O4. The molecule has 21 heavy (non-hydrogen) atoms. The normalized spacial score (nSPS) is 12.0. The van der Waals surface area contributed by atoms with Gasteiger partial charge in [-0.2, -0.15) is 4.39 Å². The summed E-state index contributed by atoms with van der Waals surface area (Å²) in [5.74, 6) is -2.84. The Morgan fingerprint density at radius 2 is 2.05 bits per heavy atom. The Morgan fingerprint density at radius 1 is 1.33 bits per heavy atom. The van der Waals surface area contributed by atoms with Crippen LogP contribution in [0.2, 0.25) is 0 Å². The highest BCUT2D eigenvalue weighted by molar-refractivity contribution is 5.40. The standard InChI is InChI=1S/C13H10F2N2O4/c1-7(18)8-2-3-13(16-6-8)21-12-5-9(14)11(17(19)20)4-10(12)15/h2-7,18H,1H3/t7-/m1/s1. The van der Waals surface area contributed by atoms with Gasteiger partial charge in [0.25, 0.3) is 0 Å². The molecule has 0 aliphatic heterocycles. The van der Waals surface area contributed by atoms with Gasteiger partial charge in [-0.05, 0) is 18.6 Å². The maximum atomic E-state index is 13.6. The molecule has 1 heterocycles. The predicted octanol–water partition coefficient (Wildman–Crippen LogP) is 3.11. The van der Waals surface area contributed by atoms with Gasteiger partial charge >= 0.3 is 5.69 Å². The Kier molecular flexibility index (Phi) is 4.08. The zero-order valence-corrected chi connectivity index (χ0v) is 10.8. The molecule has 110 valence electrons. The van der Waals surface area contributed by atoms with Crippen LogP contribution in [0.1, 0.15) is 18.6 Å². The number of hydrogen-bond acceptors (Lipinski definition) is 5. The number of nitro groups is 1. The summed E-state index contributed by atoms with van der Waals surface area (Å²) in [6, 6.07) is 3.89. The van der Waals surface area contributed by atoms with Crippen LogP contribution in [0.15, 0.2) is 30.5 Å². The molecule has 0 saturated carbocycles. The molecule has 0 spiro atoms. The third kappa shape index (κ3) is 3.29. The molecular weight excluding hydrogens is 286 g/mol. The molecule has 0 fully saturated rings. The Balaban J connectivity index is 2.27. The van der Waals surface area contributed by atoms with E-state index in [0.29, 0.717) is 17.7 Å². The fourth-order valence-electron chi connectivity index (χ4n) is 1.55. The zero-order valence-electron chi connectivity index (χ0n) is 10.8. The lowest BCUT2D eigenvalue weighted by atomic mass is 10.2. The zero-order chi connectivity index (χ0) is 15.6. The SMILES string of the molecule is C[C@@H](O)c1ccc(Oc2cc(F)c([N+](=O)[O-])cc2F)nc1. The number of hydrogen-bond donors (Lipinski definition) is 1. The first-order valence-electron chi connectivity index (χ1n) is 5.84. The van der Waals surface area contributed by atoms with Crippen molar-refractivity contribution >= 4 is 5.69 Å². The van der Waals surface area contributed by atoms with Crippen molar-refractivity contribution in [3.05, 3.63) is 57.8 Å².